The van der Waals surface area contributed by atoms with E-state index in [-0.39, 0.29) is 0 Å². The highest BCUT2D eigenvalue weighted by molar-refractivity contribution is 5.03. The van der Waals surface area contributed by atoms with E-state index < -0.39 is 0 Å². The Kier molecular flexibility index (Phi) is 3.69. The average molecular weight is 205 g/mol. The Bertz CT molecular complexity index is 286. The number of pyridine rings is 1. The SMILES string of the molecule is NC1CCCCC1NCc1ccccn1. The first-order valence-electron chi connectivity index (χ1n) is 5.75. The molecule has 1 fully saturated rings. The van der Waals surface area contributed by atoms with Crippen LogP contribution in [0.1, 0.15) is 31.4 Å². The van der Waals surface area contributed by atoms with Gasteiger partial charge in [-0.1, -0.05) is 18.9 Å². The summed E-state index contributed by atoms with van der Waals surface area (Å²) < 4.78 is 0. The summed E-state index contributed by atoms with van der Waals surface area (Å²) in [7, 11) is 0. The minimum atomic E-state index is 0.322. The van der Waals surface area contributed by atoms with Crippen molar-refractivity contribution < 1.29 is 0 Å². The molecular formula is C12H19N3. The van der Waals surface area contributed by atoms with Gasteiger partial charge >= 0.3 is 0 Å². The molecule has 1 heterocycles. The minimum Gasteiger partial charge on any atom is -0.326 e. The van der Waals surface area contributed by atoms with Gasteiger partial charge in [-0.2, -0.15) is 0 Å². The molecule has 82 valence electrons. The van der Waals surface area contributed by atoms with Gasteiger partial charge in [0, 0.05) is 24.8 Å². The van der Waals surface area contributed by atoms with Gasteiger partial charge < -0.3 is 11.1 Å². The second-order valence-electron chi connectivity index (χ2n) is 4.26. The van der Waals surface area contributed by atoms with Crippen LogP contribution in [0.4, 0.5) is 0 Å². The molecule has 0 spiro atoms. The molecule has 15 heavy (non-hydrogen) atoms. The fraction of sp³-hybridized carbons (Fsp3) is 0.583. The number of nitrogens with one attached hydrogen (secondary N) is 1. The number of rotatable bonds is 3. The maximum absolute atomic E-state index is 6.06. The molecular weight excluding hydrogens is 186 g/mol. The summed E-state index contributed by atoms with van der Waals surface area (Å²) in [5.41, 5.74) is 7.15. The van der Waals surface area contributed by atoms with E-state index >= 15 is 0 Å². The van der Waals surface area contributed by atoms with Crippen molar-refractivity contribution in [3.05, 3.63) is 30.1 Å². The number of hydrogen-bond acceptors (Lipinski definition) is 3. The Morgan fingerprint density at radius 2 is 2.20 bits per heavy atom. The van der Waals surface area contributed by atoms with Crippen LogP contribution in [0.15, 0.2) is 24.4 Å². The highest BCUT2D eigenvalue weighted by Gasteiger charge is 2.20. The first-order valence-corrected chi connectivity index (χ1v) is 5.75. The Hall–Kier alpha value is -0.930. The number of nitrogens with two attached hydrogens (primary N) is 1. The highest BCUT2D eigenvalue weighted by atomic mass is 15.0. The second-order valence-corrected chi connectivity index (χ2v) is 4.26. The molecule has 0 aromatic carbocycles. The van der Waals surface area contributed by atoms with Gasteiger partial charge in [-0.05, 0) is 25.0 Å². The largest absolute Gasteiger partial charge is 0.326 e. The summed E-state index contributed by atoms with van der Waals surface area (Å²) in [5, 5.41) is 3.50. The van der Waals surface area contributed by atoms with Gasteiger partial charge in [0.15, 0.2) is 0 Å². The van der Waals surface area contributed by atoms with Gasteiger partial charge in [-0.15, -0.1) is 0 Å². The quantitative estimate of drug-likeness (QED) is 0.785. The summed E-state index contributed by atoms with van der Waals surface area (Å²) >= 11 is 0. The zero-order valence-electron chi connectivity index (χ0n) is 9.02. The molecule has 0 saturated heterocycles. The Balaban J connectivity index is 1.82. The van der Waals surface area contributed by atoms with Crippen molar-refractivity contribution in [2.24, 2.45) is 5.73 Å². The van der Waals surface area contributed by atoms with Crippen LogP contribution in [0.25, 0.3) is 0 Å². The van der Waals surface area contributed by atoms with Gasteiger partial charge in [0.05, 0.1) is 5.69 Å². The predicted octanol–water partition coefficient (Wildman–Crippen LogP) is 1.44. The molecule has 2 atom stereocenters. The van der Waals surface area contributed by atoms with E-state index in [0.29, 0.717) is 12.1 Å². The third kappa shape index (κ3) is 3.01. The van der Waals surface area contributed by atoms with Crippen molar-refractivity contribution in [1.29, 1.82) is 0 Å². The molecule has 0 bridgehead atoms. The standard InChI is InChI=1S/C12H19N3/c13-11-6-1-2-7-12(11)15-9-10-5-3-4-8-14-10/h3-5,8,11-12,15H,1-2,6-7,9,13H2. The van der Waals surface area contributed by atoms with E-state index in [2.05, 4.69) is 10.3 Å². The first-order chi connectivity index (χ1) is 7.36. The number of aromatic nitrogens is 1. The van der Waals surface area contributed by atoms with Crippen molar-refractivity contribution in [3.63, 3.8) is 0 Å². The minimum absolute atomic E-state index is 0.322. The molecule has 3 heteroatoms. The molecule has 2 unspecified atom stereocenters. The van der Waals surface area contributed by atoms with E-state index in [0.717, 1.165) is 18.7 Å². The van der Waals surface area contributed by atoms with Crippen LogP contribution in [0.3, 0.4) is 0 Å². The van der Waals surface area contributed by atoms with E-state index in [1.807, 2.05) is 24.4 Å². The molecule has 0 radical (unpaired) electrons. The topological polar surface area (TPSA) is 50.9 Å². The van der Waals surface area contributed by atoms with Gasteiger partial charge in [0.2, 0.25) is 0 Å². The molecule has 3 N–H and O–H groups in total. The van der Waals surface area contributed by atoms with Crippen LogP contribution in [-0.4, -0.2) is 17.1 Å². The normalized spacial score (nSPS) is 26.5. The molecule has 1 aliphatic rings. The molecule has 1 aromatic heterocycles. The maximum Gasteiger partial charge on any atom is 0.0541 e. The monoisotopic (exact) mass is 205 g/mol. The number of hydrogen-bond donors (Lipinski definition) is 2. The molecule has 1 aromatic rings. The van der Waals surface area contributed by atoms with E-state index in [1.165, 1.54) is 19.3 Å². The second kappa shape index (κ2) is 5.24. The van der Waals surface area contributed by atoms with Crippen molar-refractivity contribution >= 4 is 0 Å². The van der Waals surface area contributed by atoms with Gasteiger partial charge in [0.25, 0.3) is 0 Å². The third-order valence-electron chi connectivity index (χ3n) is 3.09. The lowest BCUT2D eigenvalue weighted by molar-refractivity contribution is 0.325. The number of nitrogens with zero attached hydrogens (tertiary/aromatic N) is 1. The molecule has 1 aliphatic carbocycles. The molecule has 1 saturated carbocycles. The Morgan fingerprint density at radius 3 is 2.93 bits per heavy atom. The lowest BCUT2D eigenvalue weighted by Gasteiger charge is -2.29. The summed E-state index contributed by atoms with van der Waals surface area (Å²) in [4.78, 5) is 4.28. The first kappa shape index (κ1) is 10.6. The summed E-state index contributed by atoms with van der Waals surface area (Å²) in [6.45, 7) is 0.833. The Morgan fingerprint density at radius 1 is 1.33 bits per heavy atom. The molecule has 0 amide bonds. The fourth-order valence-corrected chi connectivity index (χ4v) is 2.15. The maximum atomic E-state index is 6.06. The van der Waals surface area contributed by atoms with Gasteiger partial charge in [-0.25, -0.2) is 0 Å². The van der Waals surface area contributed by atoms with Crippen molar-refractivity contribution in [1.82, 2.24) is 10.3 Å². The lowest BCUT2D eigenvalue weighted by atomic mass is 9.91. The van der Waals surface area contributed by atoms with Crippen LogP contribution in [-0.2, 0) is 6.54 Å². The molecule has 3 nitrogen and oxygen atoms in total. The van der Waals surface area contributed by atoms with Crippen LogP contribution in [0.2, 0.25) is 0 Å². The van der Waals surface area contributed by atoms with Crippen molar-refractivity contribution in [2.75, 3.05) is 0 Å². The van der Waals surface area contributed by atoms with E-state index in [4.69, 9.17) is 5.73 Å². The molecule has 0 aliphatic heterocycles. The average Bonchev–Trinajstić information content (AvgIpc) is 2.29. The van der Waals surface area contributed by atoms with Gasteiger partial charge in [0.1, 0.15) is 0 Å². The van der Waals surface area contributed by atoms with E-state index in [1.54, 1.807) is 0 Å². The molecule has 2 rings (SSSR count). The fourth-order valence-electron chi connectivity index (χ4n) is 2.15. The summed E-state index contributed by atoms with van der Waals surface area (Å²) in [5.74, 6) is 0. The van der Waals surface area contributed by atoms with Crippen LogP contribution in [0, 0.1) is 0 Å². The third-order valence-corrected chi connectivity index (χ3v) is 3.09. The van der Waals surface area contributed by atoms with Crippen molar-refractivity contribution in [3.8, 4) is 0 Å². The lowest BCUT2D eigenvalue weighted by Crippen LogP contribution is -2.46. The van der Waals surface area contributed by atoms with E-state index in [9.17, 15) is 0 Å². The van der Waals surface area contributed by atoms with Crippen LogP contribution < -0.4 is 11.1 Å². The van der Waals surface area contributed by atoms with Crippen LogP contribution in [0.5, 0.6) is 0 Å². The predicted molar refractivity (Wildman–Crippen MR) is 61.3 cm³/mol. The summed E-state index contributed by atoms with van der Waals surface area (Å²) in [6.07, 6.45) is 6.77. The highest BCUT2D eigenvalue weighted by Crippen LogP contribution is 2.17. The zero-order chi connectivity index (χ0) is 10.5. The zero-order valence-corrected chi connectivity index (χ0v) is 9.02. The van der Waals surface area contributed by atoms with Crippen LogP contribution >= 0.6 is 0 Å². The van der Waals surface area contributed by atoms with Gasteiger partial charge in [-0.3, -0.25) is 4.98 Å². The Labute approximate surface area is 91.1 Å². The summed E-state index contributed by atoms with van der Waals surface area (Å²) in [6, 6.07) is 6.80. The van der Waals surface area contributed by atoms with Crippen molar-refractivity contribution in [2.45, 2.75) is 44.3 Å². The smallest absolute Gasteiger partial charge is 0.0541 e.